The zero-order valence-electron chi connectivity index (χ0n) is 18.3. The Morgan fingerprint density at radius 3 is 2.91 bits per heavy atom. The first kappa shape index (κ1) is 22.0. The lowest BCUT2D eigenvalue weighted by atomic mass is 10.0. The van der Waals surface area contributed by atoms with Crippen molar-refractivity contribution in [1.82, 2.24) is 9.88 Å². The molecule has 1 heterocycles. The van der Waals surface area contributed by atoms with Crippen molar-refractivity contribution in [3.05, 3.63) is 59.3 Å². The van der Waals surface area contributed by atoms with E-state index in [4.69, 9.17) is 9.84 Å². The molecule has 3 aromatic rings. The number of thiazole rings is 1. The van der Waals surface area contributed by atoms with Crippen LogP contribution >= 0.6 is 11.3 Å². The molecule has 164 valence electrons. The number of likely N-dealkylation sites (N-methyl/N-ethyl adjacent to an activating group) is 1. The molecule has 6 nitrogen and oxygen atoms in total. The van der Waals surface area contributed by atoms with Gasteiger partial charge in [-0.2, -0.15) is 5.26 Å². The number of fused-ring (bicyclic) bond motifs is 1. The number of hydrogen-bond acceptors (Lipinski definition) is 6. The van der Waals surface area contributed by atoms with Gasteiger partial charge in [0.15, 0.2) is 0 Å². The summed E-state index contributed by atoms with van der Waals surface area (Å²) in [5, 5.41) is 19.5. The summed E-state index contributed by atoms with van der Waals surface area (Å²) in [6.07, 6.45) is 3.70. The lowest BCUT2D eigenvalue weighted by molar-refractivity contribution is -0.138. The Bertz CT molecular complexity index is 1200. The predicted octanol–water partition coefficient (Wildman–Crippen LogP) is 5.14. The van der Waals surface area contributed by atoms with Gasteiger partial charge >= 0.3 is 5.97 Å². The second-order valence-electron chi connectivity index (χ2n) is 8.26. The SMILES string of the molecule is CC(C)Oc1ccc(-c2ncc(-c3cccc4c3CC[C@@H]4N(C)CC(=O)O)s2)cc1C#N. The van der Waals surface area contributed by atoms with Crippen LogP contribution in [-0.2, 0) is 11.2 Å². The van der Waals surface area contributed by atoms with Crippen molar-refractivity contribution in [2.75, 3.05) is 13.6 Å². The Morgan fingerprint density at radius 2 is 2.19 bits per heavy atom. The molecule has 0 spiro atoms. The number of aromatic nitrogens is 1. The van der Waals surface area contributed by atoms with E-state index < -0.39 is 5.97 Å². The maximum absolute atomic E-state index is 11.1. The summed E-state index contributed by atoms with van der Waals surface area (Å²) in [6, 6.07) is 14.2. The number of hydrogen-bond donors (Lipinski definition) is 1. The molecule has 32 heavy (non-hydrogen) atoms. The zero-order chi connectivity index (χ0) is 22.8. The number of carboxylic acid groups (broad SMARTS) is 1. The van der Waals surface area contributed by atoms with Crippen LogP contribution < -0.4 is 4.74 Å². The van der Waals surface area contributed by atoms with E-state index in [1.54, 1.807) is 11.3 Å². The molecule has 0 saturated heterocycles. The third-order valence-corrected chi connectivity index (χ3v) is 6.72. The van der Waals surface area contributed by atoms with Crippen LogP contribution in [-0.4, -0.2) is 40.7 Å². The molecule has 0 radical (unpaired) electrons. The third-order valence-electron chi connectivity index (χ3n) is 5.64. The summed E-state index contributed by atoms with van der Waals surface area (Å²) in [6.45, 7) is 3.89. The normalized spacial score (nSPS) is 15.1. The largest absolute Gasteiger partial charge is 0.490 e. The Morgan fingerprint density at radius 1 is 1.38 bits per heavy atom. The maximum atomic E-state index is 11.1. The molecule has 0 unspecified atom stereocenters. The molecule has 0 amide bonds. The monoisotopic (exact) mass is 447 g/mol. The highest BCUT2D eigenvalue weighted by Gasteiger charge is 2.29. The van der Waals surface area contributed by atoms with E-state index in [-0.39, 0.29) is 18.7 Å². The van der Waals surface area contributed by atoms with Crippen molar-refractivity contribution in [2.45, 2.75) is 38.8 Å². The number of rotatable bonds is 7. The van der Waals surface area contributed by atoms with Gasteiger partial charge in [-0.3, -0.25) is 9.69 Å². The predicted molar refractivity (Wildman–Crippen MR) is 125 cm³/mol. The van der Waals surface area contributed by atoms with Crippen LogP contribution in [0, 0.1) is 11.3 Å². The molecule has 7 heteroatoms. The quantitative estimate of drug-likeness (QED) is 0.540. The van der Waals surface area contributed by atoms with Gasteiger partial charge in [0.2, 0.25) is 0 Å². The van der Waals surface area contributed by atoms with Gasteiger partial charge < -0.3 is 9.84 Å². The van der Waals surface area contributed by atoms with Gasteiger partial charge in [-0.15, -0.1) is 11.3 Å². The average Bonchev–Trinajstić information content (AvgIpc) is 3.40. The number of aliphatic carboxylic acids is 1. The van der Waals surface area contributed by atoms with Crippen LogP contribution in [0.1, 0.15) is 43.0 Å². The summed E-state index contributed by atoms with van der Waals surface area (Å²) in [5.74, 6) is -0.230. The molecule has 1 aliphatic carbocycles. The highest BCUT2D eigenvalue weighted by Crippen LogP contribution is 2.42. The minimum absolute atomic E-state index is 0.00189. The van der Waals surface area contributed by atoms with E-state index >= 15 is 0 Å². The van der Waals surface area contributed by atoms with Gasteiger partial charge in [-0.25, -0.2) is 4.98 Å². The summed E-state index contributed by atoms with van der Waals surface area (Å²) in [4.78, 5) is 18.7. The summed E-state index contributed by atoms with van der Waals surface area (Å²) in [7, 11) is 1.87. The number of carboxylic acids is 1. The fourth-order valence-electron chi connectivity index (χ4n) is 4.28. The second kappa shape index (κ2) is 9.11. The molecule has 1 atom stereocenters. The zero-order valence-corrected chi connectivity index (χ0v) is 19.1. The number of carbonyl (C=O) groups is 1. The molecule has 1 aliphatic rings. The summed E-state index contributed by atoms with van der Waals surface area (Å²) in [5.41, 5.74) is 5.00. The molecule has 2 aromatic carbocycles. The number of nitriles is 1. The van der Waals surface area contributed by atoms with E-state index in [1.807, 2.05) is 56.3 Å². The molecular formula is C25H25N3O3S. The van der Waals surface area contributed by atoms with Gasteiger partial charge in [0, 0.05) is 17.8 Å². The minimum Gasteiger partial charge on any atom is -0.490 e. The fraction of sp³-hybridized carbons (Fsp3) is 0.320. The molecule has 4 rings (SSSR count). The van der Waals surface area contributed by atoms with E-state index in [2.05, 4.69) is 23.2 Å². The van der Waals surface area contributed by atoms with Crippen molar-refractivity contribution in [2.24, 2.45) is 0 Å². The van der Waals surface area contributed by atoms with Crippen molar-refractivity contribution in [3.8, 4) is 32.8 Å². The number of nitrogens with zero attached hydrogens (tertiary/aromatic N) is 3. The lowest BCUT2D eigenvalue weighted by Gasteiger charge is -2.23. The first-order valence-corrected chi connectivity index (χ1v) is 11.4. The summed E-state index contributed by atoms with van der Waals surface area (Å²) < 4.78 is 5.73. The number of ether oxygens (including phenoxy) is 1. The van der Waals surface area contributed by atoms with Crippen molar-refractivity contribution >= 4 is 17.3 Å². The summed E-state index contributed by atoms with van der Waals surface area (Å²) >= 11 is 1.60. The first-order chi connectivity index (χ1) is 15.4. The Kier molecular flexibility index (Phi) is 6.26. The highest BCUT2D eigenvalue weighted by molar-refractivity contribution is 7.18. The first-order valence-electron chi connectivity index (χ1n) is 10.6. The average molecular weight is 448 g/mol. The van der Waals surface area contributed by atoms with E-state index in [9.17, 15) is 10.1 Å². The fourth-order valence-corrected chi connectivity index (χ4v) is 5.25. The second-order valence-corrected chi connectivity index (χ2v) is 9.29. The highest BCUT2D eigenvalue weighted by atomic mass is 32.1. The minimum atomic E-state index is -0.814. The topological polar surface area (TPSA) is 86.4 Å². The molecule has 0 bridgehead atoms. The van der Waals surface area contributed by atoms with Gasteiger partial charge in [0.1, 0.15) is 16.8 Å². The van der Waals surface area contributed by atoms with Crippen LogP contribution in [0.15, 0.2) is 42.6 Å². The van der Waals surface area contributed by atoms with Crippen LogP contribution in [0.5, 0.6) is 5.75 Å². The molecule has 0 aliphatic heterocycles. The lowest BCUT2D eigenvalue weighted by Crippen LogP contribution is -2.28. The van der Waals surface area contributed by atoms with Gasteiger partial charge in [0.25, 0.3) is 0 Å². The molecule has 0 saturated carbocycles. The van der Waals surface area contributed by atoms with E-state index in [1.165, 1.54) is 11.1 Å². The molecular weight excluding hydrogens is 422 g/mol. The Hall–Kier alpha value is -3.21. The standard InChI is InChI=1S/C25H25N3O3S/c1-15(2)31-22-10-7-16(11-17(22)12-26)25-27-13-23(32-25)20-6-4-5-19-18(20)8-9-21(19)28(3)14-24(29)30/h4-7,10-11,13,15,21H,8-9,14H2,1-3H3,(H,29,30)/t21-/m0/s1. The van der Waals surface area contributed by atoms with Gasteiger partial charge in [-0.05, 0) is 68.6 Å². The van der Waals surface area contributed by atoms with Gasteiger partial charge in [0.05, 0.1) is 23.1 Å². The van der Waals surface area contributed by atoms with Crippen LogP contribution in [0.3, 0.4) is 0 Å². The molecule has 1 aromatic heterocycles. The van der Waals surface area contributed by atoms with E-state index in [0.717, 1.165) is 33.9 Å². The smallest absolute Gasteiger partial charge is 0.317 e. The van der Waals surface area contributed by atoms with E-state index in [0.29, 0.717) is 11.3 Å². The maximum Gasteiger partial charge on any atom is 0.317 e. The molecule has 1 N–H and O–H groups in total. The van der Waals surface area contributed by atoms with Crippen LogP contribution in [0.25, 0.3) is 21.0 Å². The van der Waals surface area contributed by atoms with Crippen molar-refractivity contribution in [1.29, 1.82) is 5.26 Å². The van der Waals surface area contributed by atoms with Crippen molar-refractivity contribution in [3.63, 3.8) is 0 Å². The van der Waals surface area contributed by atoms with Crippen LogP contribution in [0.4, 0.5) is 0 Å². The Labute approximate surface area is 191 Å². The van der Waals surface area contributed by atoms with Crippen molar-refractivity contribution < 1.29 is 14.6 Å². The Balaban J connectivity index is 1.64. The number of benzene rings is 2. The van der Waals surface area contributed by atoms with Gasteiger partial charge in [-0.1, -0.05) is 18.2 Å². The van der Waals surface area contributed by atoms with Crippen LogP contribution in [0.2, 0.25) is 0 Å². The molecule has 0 fully saturated rings. The third kappa shape index (κ3) is 4.38.